The van der Waals surface area contributed by atoms with Crippen molar-refractivity contribution in [1.29, 1.82) is 5.26 Å². The maximum atomic E-state index is 12.2. The second kappa shape index (κ2) is 4.75. The van der Waals surface area contributed by atoms with Crippen molar-refractivity contribution in [2.75, 3.05) is 11.5 Å². The maximum absolute atomic E-state index is 12.2. The molecule has 0 aliphatic heterocycles. The van der Waals surface area contributed by atoms with E-state index in [-0.39, 0.29) is 39.7 Å². The van der Waals surface area contributed by atoms with Gasteiger partial charge in [0.2, 0.25) is 5.95 Å². The van der Waals surface area contributed by atoms with Gasteiger partial charge in [-0.25, -0.2) is 4.98 Å². The topological polar surface area (TPSA) is 155 Å². The summed E-state index contributed by atoms with van der Waals surface area (Å²) >= 11 is 0. The quantitative estimate of drug-likeness (QED) is 0.515. The van der Waals surface area contributed by atoms with Gasteiger partial charge in [-0.15, -0.1) is 0 Å². The second-order valence-corrected chi connectivity index (χ2v) is 4.56. The number of nitriles is 1. The van der Waals surface area contributed by atoms with Crippen molar-refractivity contribution in [2.45, 2.75) is 0 Å². The lowest BCUT2D eigenvalue weighted by molar-refractivity contribution is 0.475. The second-order valence-electron chi connectivity index (χ2n) is 4.56. The highest BCUT2D eigenvalue weighted by Gasteiger charge is 2.19. The number of pyridine rings is 1. The third-order valence-corrected chi connectivity index (χ3v) is 3.15. The molecule has 0 saturated heterocycles. The van der Waals surface area contributed by atoms with Crippen LogP contribution in [0.3, 0.4) is 0 Å². The van der Waals surface area contributed by atoms with Crippen molar-refractivity contribution in [3.8, 4) is 22.9 Å². The fraction of sp³-hybridized carbons (Fsp3) is 0. The van der Waals surface area contributed by atoms with Gasteiger partial charge in [-0.05, 0) is 17.7 Å². The van der Waals surface area contributed by atoms with E-state index in [2.05, 4.69) is 15.0 Å². The molecular formula is C14H10N6O2. The van der Waals surface area contributed by atoms with Crippen molar-refractivity contribution in [1.82, 2.24) is 15.0 Å². The molecule has 3 rings (SSSR count). The van der Waals surface area contributed by atoms with Crippen LogP contribution in [0.4, 0.5) is 11.8 Å². The van der Waals surface area contributed by atoms with E-state index in [4.69, 9.17) is 11.5 Å². The van der Waals surface area contributed by atoms with Crippen LogP contribution in [0.15, 0.2) is 29.1 Å². The molecule has 8 nitrogen and oxygen atoms in total. The zero-order valence-electron chi connectivity index (χ0n) is 11.2. The number of H-pyrrole nitrogens is 1. The van der Waals surface area contributed by atoms with E-state index in [9.17, 15) is 15.2 Å². The molecule has 0 aliphatic rings. The highest BCUT2D eigenvalue weighted by molar-refractivity contribution is 5.98. The first-order valence-electron chi connectivity index (χ1n) is 6.19. The number of phenolic OH excluding ortho intramolecular Hbond substituents is 1. The Morgan fingerprint density at radius 3 is 2.73 bits per heavy atom. The van der Waals surface area contributed by atoms with E-state index >= 15 is 0 Å². The summed E-state index contributed by atoms with van der Waals surface area (Å²) in [6.07, 6.45) is 0. The molecule has 0 aliphatic carbocycles. The van der Waals surface area contributed by atoms with Gasteiger partial charge in [0.1, 0.15) is 23.2 Å². The van der Waals surface area contributed by atoms with Crippen molar-refractivity contribution < 1.29 is 5.11 Å². The summed E-state index contributed by atoms with van der Waals surface area (Å²) in [5, 5.41) is 19.1. The molecule has 1 aromatic carbocycles. The molecule has 22 heavy (non-hydrogen) atoms. The number of hydrogen-bond donors (Lipinski definition) is 4. The molecule has 0 bridgehead atoms. The average molecular weight is 294 g/mol. The highest BCUT2D eigenvalue weighted by Crippen LogP contribution is 2.32. The van der Waals surface area contributed by atoms with Crippen molar-refractivity contribution in [3.05, 3.63) is 40.2 Å². The van der Waals surface area contributed by atoms with Crippen molar-refractivity contribution in [3.63, 3.8) is 0 Å². The van der Waals surface area contributed by atoms with Gasteiger partial charge >= 0.3 is 0 Å². The van der Waals surface area contributed by atoms with Crippen LogP contribution in [0.1, 0.15) is 5.56 Å². The Kier molecular flexibility index (Phi) is 2.89. The third-order valence-electron chi connectivity index (χ3n) is 3.15. The summed E-state index contributed by atoms with van der Waals surface area (Å²) in [4.78, 5) is 22.5. The average Bonchev–Trinajstić information content (AvgIpc) is 2.45. The fourth-order valence-electron chi connectivity index (χ4n) is 2.27. The van der Waals surface area contributed by atoms with Crippen molar-refractivity contribution >= 4 is 22.8 Å². The Labute approximate surface area is 123 Å². The highest BCUT2D eigenvalue weighted by atomic mass is 16.3. The minimum Gasteiger partial charge on any atom is -0.508 e. The number of nitrogens with one attached hydrogen (secondary N) is 1. The summed E-state index contributed by atoms with van der Waals surface area (Å²) in [6, 6.07) is 8.07. The number of aromatic nitrogens is 3. The first-order chi connectivity index (χ1) is 10.5. The van der Waals surface area contributed by atoms with Crippen LogP contribution in [0.5, 0.6) is 5.75 Å². The van der Waals surface area contributed by atoms with Crippen LogP contribution in [-0.4, -0.2) is 20.1 Å². The molecule has 0 saturated carbocycles. The van der Waals surface area contributed by atoms with Gasteiger partial charge in [-0.3, -0.25) is 9.78 Å². The number of aromatic hydroxyl groups is 1. The van der Waals surface area contributed by atoms with Crippen LogP contribution in [0, 0.1) is 11.3 Å². The van der Waals surface area contributed by atoms with Crippen LogP contribution in [0.2, 0.25) is 0 Å². The molecule has 0 atom stereocenters. The van der Waals surface area contributed by atoms with Crippen LogP contribution in [-0.2, 0) is 0 Å². The molecular weight excluding hydrogens is 284 g/mol. The zero-order chi connectivity index (χ0) is 15.9. The number of fused-ring (bicyclic) bond motifs is 1. The van der Waals surface area contributed by atoms with E-state index in [1.165, 1.54) is 12.1 Å². The largest absolute Gasteiger partial charge is 0.508 e. The van der Waals surface area contributed by atoms with Crippen molar-refractivity contribution in [2.24, 2.45) is 0 Å². The molecule has 0 spiro atoms. The molecule has 0 radical (unpaired) electrons. The van der Waals surface area contributed by atoms with Gasteiger partial charge in [-0.1, -0.05) is 12.1 Å². The summed E-state index contributed by atoms with van der Waals surface area (Å²) in [7, 11) is 0. The van der Waals surface area contributed by atoms with Gasteiger partial charge in [0.15, 0.2) is 5.65 Å². The lowest BCUT2D eigenvalue weighted by Gasteiger charge is -2.10. The normalized spacial score (nSPS) is 10.5. The predicted octanol–water partition coefficient (Wildman–Crippen LogP) is 0.727. The summed E-state index contributed by atoms with van der Waals surface area (Å²) in [5.74, 6) is -0.174. The number of rotatable bonds is 1. The Morgan fingerprint density at radius 1 is 1.27 bits per heavy atom. The molecule has 0 fully saturated rings. The number of nitrogen functional groups attached to an aromatic ring is 2. The molecule has 2 aromatic heterocycles. The standard InChI is InChI=1S/C14H10N6O2/c15-5-8-9(6-2-1-3-7(21)4-6)10-12(18-11(8)16)19-14(17)20-13(10)22/h1-4,21H,(H5,16,17,18,19,20,22). The SMILES string of the molecule is N#Cc1c(N)nc2nc(N)[nH]c(=O)c2c1-c1cccc(O)c1. The van der Waals surface area contributed by atoms with Crippen LogP contribution < -0.4 is 17.0 Å². The first kappa shape index (κ1) is 13.4. The summed E-state index contributed by atoms with van der Waals surface area (Å²) < 4.78 is 0. The Bertz CT molecular complexity index is 1000. The number of hydrogen-bond acceptors (Lipinski definition) is 7. The molecule has 0 amide bonds. The number of aromatic amines is 1. The van der Waals surface area contributed by atoms with E-state index < -0.39 is 5.56 Å². The molecule has 108 valence electrons. The smallest absolute Gasteiger partial charge is 0.262 e. The van der Waals surface area contributed by atoms with E-state index in [1.807, 2.05) is 6.07 Å². The molecule has 0 unspecified atom stereocenters. The number of nitrogens with two attached hydrogens (primary N) is 2. The lowest BCUT2D eigenvalue weighted by atomic mass is 9.98. The Hall–Kier alpha value is -3.60. The minimum atomic E-state index is -0.537. The van der Waals surface area contributed by atoms with Crippen LogP contribution in [0.25, 0.3) is 22.2 Å². The summed E-state index contributed by atoms with van der Waals surface area (Å²) in [5.41, 5.74) is 11.5. The molecule has 3 aromatic rings. The fourth-order valence-corrected chi connectivity index (χ4v) is 2.27. The summed E-state index contributed by atoms with van der Waals surface area (Å²) in [6.45, 7) is 0. The van der Waals surface area contributed by atoms with E-state index in [0.29, 0.717) is 5.56 Å². The Balaban J connectivity index is 2.56. The van der Waals surface area contributed by atoms with Gasteiger partial charge < -0.3 is 16.6 Å². The molecule has 6 N–H and O–H groups in total. The predicted molar refractivity (Wildman–Crippen MR) is 80.8 cm³/mol. The third kappa shape index (κ3) is 1.97. The van der Waals surface area contributed by atoms with Gasteiger partial charge in [0.25, 0.3) is 5.56 Å². The first-order valence-corrected chi connectivity index (χ1v) is 6.19. The molecule has 8 heteroatoms. The lowest BCUT2D eigenvalue weighted by Crippen LogP contribution is -2.15. The monoisotopic (exact) mass is 294 g/mol. The van der Waals surface area contributed by atoms with Crippen LogP contribution >= 0.6 is 0 Å². The molecule has 2 heterocycles. The Morgan fingerprint density at radius 2 is 2.05 bits per heavy atom. The van der Waals surface area contributed by atoms with E-state index in [0.717, 1.165) is 0 Å². The maximum Gasteiger partial charge on any atom is 0.262 e. The number of benzene rings is 1. The van der Waals surface area contributed by atoms with Gasteiger partial charge in [-0.2, -0.15) is 10.2 Å². The van der Waals surface area contributed by atoms with Gasteiger partial charge in [0.05, 0.1) is 5.39 Å². The minimum absolute atomic E-state index is 0.00948. The number of nitrogens with zero attached hydrogens (tertiary/aromatic N) is 3. The van der Waals surface area contributed by atoms with E-state index in [1.54, 1.807) is 12.1 Å². The number of anilines is 2. The van der Waals surface area contributed by atoms with Gasteiger partial charge in [0, 0.05) is 5.56 Å². The number of phenols is 1. The zero-order valence-corrected chi connectivity index (χ0v) is 11.2.